The second-order valence-corrected chi connectivity index (χ2v) is 7.74. The van der Waals surface area contributed by atoms with E-state index >= 15 is 0 Å². The molecule has 0 N–H and O–H groups in total. The van der Waals surface area contributed by atoms with E-state index in [1.165, 1.54) is 4.31 Å². The number of para-hydroxylation sites is 1. The number of anilines is 1. The summed E-state index contributed by atoms with van der Waals surface area (Å²) in [7, 11) is -0.630. The number of ether oxygens (including phenoxy) is 2. The van der Waals surface area contributed by atoms with E-state index in [2.05, 4.69) is 0 Å². The Bertz CT molecular complexity index is 986. The van der Waals surface area contributed by atoms with Crippen LogP contribution in [0.25, 0.3) is 0 Å². The van der Waals surface area contributed by atoms with E-state index in [-0.39, 0.29) is 11.4 Å². The molecule has 27 heavy (non-hydrogen) atoms. The van der Waals surface area contributed by atoms with Gasteiger partial charge in [-0.1, -0.05) is 30.3 Å². The van der Waals surface area contributed by atoms with Crippen LogP contribution >= 0.6 is 0 Å². The van der Waals surface area contributed by atoms with Crippen molar-refractivity contribution in [2.45, 2.75) is 11.4 Å². The van der Waals surface area contributed by atoms with Gasteiger partial charge in [-0.2, -0.15) is 0 Å². The van der Waals surface area contributed by atoms with Crippen LogP contribution in [0, 0.1) is 0 Å². The van der Waals surface area contributed by atoms with Crippen LogP contribution in [0.2, 0.25) is 0 Å². The maximum atomic E-state index is 13.3. The lowest BCUT2D eigenvalue weighted by Gasteiger charge is -2.25. The number of nitrogens with zero attached hydrogens (tertiary/aromatic N) is 1. The summed E-state index contributed by atoms with van der Waals surface area (Å²) in [6, 6.07) is 22.8. The normalized spacial score (nSPS) is 11.0. The molecule has 3 aromatic carbocycles. The minimum Gasteiger partial charge on any atom is -0.497 e. The number of rotatable bonds is 7. The molecule has 5 nitrogen and oxygen atoms in total. The average Bonchev–Trinajstić information content (AvgIpc) is 2.72. The summed E-state index contributed by atoms with van der Waals surface area (Å²) in [4.78, 5) is 0.204. The smallest absolute Gasteiger partial charge is 0.264 e. The summed E-state index contributed by atoms with van der Waals surface area (Å²) in [5.41, 5.74) is 1.42. The Balaban J connectivity index is 2.03. The predicted octanol–water partition coefficient (Wildman–Crippen LogP) is 4.10. The summed E-state index contributed by atoms with van der Waals surface area (Å²) in [6.07, 6.45) is 0. The maximum Gasteiger partial charge on any atom is 0.264 e. The van der Waals surface area contributed by atoms with Crippen LogP contribution in [0.3, 0.4) is 0 Å². The summed E-state index contributed by atoms with van der Waals surface area (Å²) >= 11 is 0. The Labute approximate surface area is 159 Å². The summed E-state index contributed by atoms with van der Waals surface area (Å²) in [6.45, 7) is 0.190. The quantitative estimate of drug-likeness (QED) is 0.616. The molecule has 0 aromatic heterocycles. The second kappa shape index (κ2) is 8.14. The summed E-state index contributed by atoms with van der Waals surface area (Å²) < 4.78 is 38.5. The van der Waals surface area contributed by atoms with Crippen LogP contribution in [0.15, 0.2) is 83.8 Å². The highest BCUT2D eigenvalue weighted by Crippen LogP contribution is 2.27. The average molecular weight is 383 g/mol. The maximum absolute atomic E-state index is 13.3. The van der Waals surface area contributed by atoms with Crippen molar-refractivity contribution in [3.8, 4) is 11.5 Å². The molecule has 0 radical (unpaired) electrons. The first kappa shape index (κ1) is 18.8. The first-order chi connectivity index (χ1) is 13.0. The van der Waals surface area contributed by atoms with Crippen LogP contribution in [0.4, 0.5) is 5.69 Å². The molecule has 0 amide bonds. The van der Waals surface area contributed by atoms with Gasteiger partial charge in [0.05, 0.1) is 31.3 Å². The van der Waals surface area contributed by atoms with Crippen molar-refractivity contribution < 1.29 is 17.9 Å². The second-order valence-electron chi connectivity index (χ2n) is 5.87. The largest absolute Gasteiger partial charge is 0.497 e. The molecule has 0 heterocycles. The zero-order valence-corrected chi connectivity index (χ0v) is 16.0. The molecule has 3 aromatic rings. The van der Waals surface area contributed by atoms with Crippen molar-refractivity contribution in [2.24, 2.45) is 0 Å². The lowest BCUT2D eigenvalue weighted by atomic mass is 10.2. The van der Waals surface area contributed by atoms with Crippen LogP contribution in [-0.4, -0.2) is 22.6 Å². The minimum atomic E-state index is -3.76. The van der Waals surface area contributed by atoms with Gasteiger partial charge >= 0.3 is 0 Å². The van der Waals surface area contributed by atoms with E-state index in [9.17, 15) is 8.42 Å². The Morgan fingerprint density at radius 2 is 1.44 bits per heavy atom. The first-order valence-electron chi connectivity index (χ1n) is 8.39. The number of methoxy groups -OCH3 is 2. The Morgan fingerprint density at radius 3 is 2.07 bits per heavy atom. The number of benzene rings is 3. The van der Waals surface area contributed by atoms with E-state index in [1.807, 2.05) is 42.5 Å². The van der Waals surface area contributed by atoms with Crippen LogP contribution in [0.1, 0.15) is 5.56 Å². The molecule has 140 valence electrons. The highest BCUT2D eigenvalue weighted by Gasteiger charge is 2.25. The lowest BCUT2D eigenvalue weighted by molar-refractivity contribution is 0.414. The van der Waals surface area contributed by atoms with E-state index in [4.69, 9.17) is 9.47 Å². The molecule has 0 saturated carbocycles. The third kappa shape index (κ3) is 4.23. The van der Waals surface area contributed by atoms with Crippen molar-refractivity contribution in [3.63, 3.8) is 0 Å². The highest BCUT2D eigenvalue weighted by molar-refractivity contribution is 7.92. The van der Waals surface area contributed by atoms with Gasteiger partial charge in [0, 0.05) is 0 Å². The third-order valence-electron chi connectivity index (χ3n) is 4.15. The van der Waals surface area contributed by atoms with Crippen molar-refractivity contribution >= 4 is 15.7 Å². The van der Waals surface area contributed by atoms with Gasteiger partial charge in [0.25, 0.3) is 10.0 Å². The Kier molecular flexibility index (Phi) is 5.66. The van der Waals surface area contributed by atoms with E-state index in [1.54, 1.807) is 50.6 Å². The molecule has 0 fully saturated rings. The van der Waals surface area contributed by atoms with Gasteiger partial charge in [0.15, 0.2) is 0 Å². The van der Waals surface area contributed by atoms with E-state index < -0.39 is 10.0 Å². The zero-order chi connectivity index (χ0) is 19.3. The van der Waals surface area contributed by atoms with Gasteiger partial charge in [0.1, 0.15) is 11.5 Å². The van der Waals surface area contributed by atoms with Gasteiger partial charge in [-0.3, -0.25) is 4.31 Å². The molecule has 0 aliphatic carbocycles. The standard InChI is InChI=1S/C21H21NO4S/c1-25-19-11-13-21(14-12-19)27(23,24)22(18-8-4-3-5-9-18)16-17-7-6-10-20(15-17)26-2/h3-15H,16H2,1-2H3. The van der Waals surface area contributed by atoms with Gasteiger partial charge in [-0.25, -0.2) is 8.42 Å². The molecule has 0 spiro atoms. The van der Waals surface area contributed by atoms with E-state index in [0.717, 1.165) is 5.56 Å². The molecule has 0 saturated heterocycles. The summed E-state index contributed by atoms with van der Waals surface area (Å²) in [5, 5.41) is 0. The van der Waals surface area contributed by atoms with Crippen LogP contribution in [-0.2, 0) is 16.6 Å². The fourth-order valence-electron chi connectivity index (χ4n) is 2.72. The first-order valence-corrected chi connectivity index (χ1v) is 9.83. The van der Waals surface area contributed by atoms with E-state index in [0.29, 0.717) is 17.2 Å². The SMILES string of the molecule is COc1ccc(S(=O)(=O)N(Cc2cccc(OC)c2)c2ccccc2)cc1. The van der Waals surface area contributed by atoms with Crippen molar-refractivity contribution in [1.82, 2.24) is 0 Å². The molecule has 0 bridgehead atoms. The highest BCUT2D eigenvalue weighted by atomic mass is 32.2. The molecule has 0 atom stereocenters. The lowest BCUT2D eigenvalue weighted by Crippen LogP contribution is -2.30. The van der Waals surface area contributed by atoms with Crippen molar-refractivity contribution in [2.75, 3.05) is 18.5 Å². The molecule has 0 aliphatic heterocycles. The summed E-state index contributed by atoms with van der Waals surface area (Å²) in [5.74, 6) is 1.29. The fraction of sp³-hybridized carbons (Fsp3) is 0.143. The van der Waals surface area contributed by atoms with Crippen LogP contribution < -0.4 is 13.8 Å². The van der Waals surface area contributed by atoms with Crippen molar-refractivity contribution in [1.29, 1.82) is 0 Å². The Morgan fingerprint density at radius 1 is 0.778 bits per heavy atom. The van der Waals surface area contributed by atoms with Gasteiger partial charge in [-0.05, 0) is 54.1 Å². The number of hydrogen-bond donors (Lipinski definition) is 0. The number of sulfonamides is 1. The molecule has 0 aliphatic rings. The number of hydrogen-bond acceptors (Lipinski definition) is 4. The Hall–Kier alpha value is -2.99. The monoisotopic (exact) mass is 383 g/mol. The third-order valence-corrected chi connectivity index (χ3v) is 5.94. The van der Waals surface area contributed by atoms with Gasteiger partial charge in [0.2, 0.25) is 0 Å². The van der Waals surface area contributed by atoms with Crippen molar-refractivity contribution in [3.05, 3.63) is 84.4 Å². The molecular weight excluding hydrogens is 362 g/mol. The van der Waals surface area contributed by atoms with Gasteiger partial charge in [-0.15, -0.1) is 0 Å². The predicted molar refractivity (Wildman–Crippen MR) is 106 cm³/mol. The zero-order valence-electron chi connectivity index (χ0n) is 15.2. The molecule has 3 rings (SSSR count). The topological polar surface area (TPSA) is 55.8 Å². The molecule has 6 heteroatoms. The van der Waals surface area contributed by atoms with Gasteiger partial charge < -0.3 is 9.47 Å². The minimum absolute atomic E-state index is 0.190. The molecular formula is C21H21NO4S. The van der Waals surface area contributed by atoms with Crippen LogP contribution in [0.5, 0.6) is 11.5 Å². The molecule has 0 unspecified atom stereocenters. The fourth-order valence-corrected chi connectivity index (χ4v) is 4.17.